The summed E-state index contributed by atoms with van der Waals surface area (Å²) in [6.45, 7) is 6.53. The van der Waals surface area contributed by atoms with Gasteiger partial charge < -0.3 is 10.6 Å². The molecule has 2 amide bonds. The summed E-state index contributed by atoms with van der Waals surface area (Å²) in [5.74, 6) is 0.0685. The first-order valence-electron chi connectivity index (χ1n) is 8.37. The average Bonchev–Trinajstić information content (AvgIpc) is 2.61. The summed E-state index contributed by atoms with van der Waals surface area (Å²) in [7, 11) is 0. The smallest absolute Gasteiger partial charge is 0.253 e. The summed E-state index contributed by atoms with van der Waals surface area (Å²) in [6, 6.07) is 16.9. The van der Waals surface area contributed by atoms with E-state index >= 15 is 0 Å². The number of carbonyl (C=O) groups is 2. The van der Waals surface area contributed by atoms with Crippen LogP contribution >= 0.6 is 11.8 Å². The van der Waals surface area contributed by atoms with Crippen molar-refractivity contribution in [1.29, 1.82) is 0 Å². The monoisotopic (exact) mass is 356 g/mol. The second kappa shape index (κ2) is 9.28. The van der Waals surface area contributed by atoms with Crippen molar-refractivity contribution in [3.63, 3.8) is 0 Å². The van der Waals surface area contributed by atoms with Crippen LogP contribution in [0.4, 0.5) is 5.69 Å². The Morgan fingerprint density at radius 3 is 2.28 bits per heavy atom. The van der Waals surface area contributed by atoms with E-state index in [-0.39, 0.29) is 17.1 Å². The first-order valence-corrected chi connectivity index (χ1v) is 9.25. The Bertz CT molecular complexity index is 717. The van der Waals surface area contributed by atoms with E-state index in [9.17, 15) is 9.59 Å². The van der Waals surface area contributed by atoms with Gasteiger partial charge in [-0.05, 0) is 37.1 Å². The van der Waals surface area contributed by atoms with Gasteiger partial charge in [0.05, 0.1) is 16.5 Å². The van der Waals surface area contributed by atoms with E-state index in [1.54, 1.807) is 18.2 Å². The van der Waals surface area contributed by atoms with Crippen LogP contribution in [0, 0.1) is 5.92 Å². The summed E-state index contributed by atoms with van der Waals surface area (Å²) in [4.78, 5) is 25.9. The maximum atomic E-state index is 12.5. The van der Waals surface area contributed by atoms with E-state index in [0.29, 0.717) is 23.7 Å². The van der Waals surface area contributed by atoms with Gasteiger partial charge >= 0.3 is 0 Å². The van der Waals surface area contributed by atoms with Crippen molar-refractivity contribution in [3.8, 4) is 0 Å². The van der Waals surface area contributed by atoms with Crippen LogP contribution in [0.5, 0.6) is 0 Å². The predicted octanol–water partition coefficient (Wildman–Crippen LogP) is 4.19. The Labute approximate surface area is 153 Å². The summed E-state index contributed by atoms with van der Waals surface area (Å²) in [5, 5.41) is 5.49. The minimum atomic E-state index is -0.269. The van der Waals surface area contributed by atoms with Crippen LogP contribution in [0.15, 0.2) is 59.5 Å². The number of anilines is 1. The van der Waals surface area contributed by atoms with Crippen molar-refractivity contribution in [2.24, 2.45) is 5.92 Å². The average molecular weight is 356 g/mol. The van der Waals surface area contributed by atoms with E-state index in [1.807, 2.05) is 57.2 Å². The van der Waals surface area contributed by atoms with Crippen LogP contribution in [0.1, 0.15) is 31.1 Å². The van der Waals surface area contributed by atoms with Crippen LogP contribution in [0.3, 0.4) is 0 Å². The molecule has 2 aromatic carbocycles. The van der Waals surface area contributed by atoms with Gasteiger partial charge in [0.2, 0.25) is 5.91 Å². The fraction of sp³-hybridized carbons (Fsp3) is 0.300. The zero-order chi connectivity index (χ0) is 18.2. The molecule has 0 radical (unpaired) electrons. The van der Waals surface area contributed by atoms with Crippen molar-refractivity contribution in [2.75, 3.05) is 11.9 Å². The van der Waals surface area contributed by atoms with Gasteiger partial charge in [-0.3, -0.25) is 9.59 Å². The van der Waals surface area contributed by atoms with Crippen molar-refractivity contribution in [3.05, 3.63) is 60.2 Å². The molecule has 0 unspecified atom stereocenters. The molecule has 0 aliphatic carbocycles. The van der Waals surface area contributed by atoms with Gasteiger partial charge in [-0.1, -0.05) is 44.2 Å². The predicted molar refractivity (Wildman–Crippen MR) is 104 cm³/mol. The van der Waals surface area contributed by atoms with E-state index in [4.69, 9.17) is 0 Å². The number of benzene rings is 2. The molecule has 25 heavy (non-hydrogen) atoms. The van der Waals surface area contributed by atoms with Crippen molar-refractivity contribution >= 4 is 29.3 Å². The number of carbonyl (C=O) groups excluding carboxylic acids is 2. The van der Waals surface area contributed by atoms with E-state index in [2.05, 4.69) is 10.6 Å². The molecule has 132 valence electrons. The molecule has 0 heterocycles. The largest absolute Gasteiger partial charge is 0.352 e. The van der Waals surface area contributed by atoms with Crippen LogP contribution in [0.25, 0.3) is 0 Å². The fourth-order valence-electron chi connectivity index (χ4n) is 2.17. The number of nitrogens with one attached hydrogen (secondary N) is 2. The Balaban J connectivity index is 2.04. The molecule has 0 spiro atoms. The van der Waals surface area contributed by atoms with Gasteiger partial charge in [0.1, 0.15) is 0 Å². The normalized spacial score (nSPS) is 11.8. The Kier molecular flexibility index (Phi) is 7.07. The number of thioether (sulfide) groups is 1. The second-order valence-corrected chi connectivity index (χ2v) is 7.63. The summed E-state index contributed by atoms with van der Waals surface area (Å²) in [5.41, 5.74) is 1.02. The number of amides is 2. The van der Waals surface area contributed by atoms with Crippen LogP contribution in [-0.4, -0.2) is 23.6 Å². The minimum Gasteiger partial charge on any atom is -0.352 e. The molecule has 0 bridgehead atoms. The van der Waals surface area contributed by atoms with Gasteiger partial charge in [0.25, 0.3) is 5.91 Å². The highest BCUT2D eigenvalue weighted by Crippen LogP contribution is 2.24. The maximum absolute atomic E-state index is 12.5. The SMILES string of the molecule is CC(C)CNC(=O)c1ccccc1NC(=O)[C@H](C)Sc1ccccc1. The summed E-state index contributed by atoms with van der Waals surface area (Å²) < 4.78 is 0. The molecular weight excluding hydrogens is 332 g/mol. The second-order valence-electron chi connectivity index (χ2n) is 6.21. The Hall–Kier alpha value is -2.27. The van der Waals surface area contributed by atoms with Gasteiger partial charge in [-0.25, -0.2) is 0 Å². The van der Waals surface area contributed by atoms with E-state index in [1.165, 1.54) is 11.8 Å². The van der Waals surface area contributed by atoms with Gasteiger partial charge in [-0.15, -0.1) is 11.8 Å². The minimum absolute atomic E-state index is 0.127. The molecule has 4 nitrogen and oxygen atoms in total. The van der Waals surface area contributed by atoms with Gasteiger partial charge in [0, 0.05) is 11.4 Å². The van der Waals surface area contributed by atoms with Crippen molar-refractivity contribution in [1.82, 2.24) is 5.32 Å². The molecule has 0 fully saturated rings. The lowest BCUT2D eigenvalue weighted by Crippen LogP contribution is -2.29. The summed E-state index contributed by atoms with van der Waals surface area (Å²) in [6.07, 6.45) is 0. The third-order valence-electron chi connectivity index (χ3n) is 3.53. The first-order chi connectivity index (χ1) is 12.0. The zero-order valence-electron chi connectivity index (χ0n) is 14.8. The third-order valence-corrected chi connectivity index (χ3v) is 4.64. The van der Waals surface area contributed by atoms with Crippen LogP contribution < -0.4 is 10.6 Å². The third kappa shape index (κ3) is 5.94. The highest BCUT2D eigenvalue weighted by Gasteiger charge is 2.18. The Morgan fingerprint density at radius 2 is 1.60 bits per heavy atom. The highest BCUT2D eigenvalue weighted by atomic mass is 32.2. The molecule has 2 N–H and O–H groups in total. The molecule has 2 aromatic rings. The van der Waals surface area contributed by atoms with Gasteiger partial charge in [-0.2, -0.15) is 0 Å². The number of rotatable bonds is 7. The lowest BCUT2D eigenvalue weighted by molar-refractivity contribution is -0.115. The number of para-hydroxylation sites is 1. The molecule has 2 rings (SSSR count). The molecule has 5 heteroatoms. The van der Waals surface area contributed by atoms with Crippen LogP contribution in [-0.2, 0) is 4.79 Å². The van der Waals surface area contributed by atoms with Crippen molar-refractivity contribution in [2.45, 2.75) is 30.9 Å². The molecule has 0 aliphatic heterocycles. The zero-order valence-corrected chi connectivity index (χ0v) is 15.6. The highest BCUT2D eigenvalue weighted by molar-refractivity contribution is 8.00. The Morgan fingerprint density at radius 1 is 0.960 bits per heavy atom. The molecule has 0 aromatic heterocycles. The lowest BCUT2D eigenvalue weighted by Gasteiger charge is -2.15. The molecular formula is C20H24N2O2S. The van der Waals surface area contributed by atoms with Gasteiger partial charge in [0.15, 0.2) is 0 Å². The van der Waals surface area contributed by atoms with Crippen LogP contribution in [0.2, 0.25) is 0 Å². The maximum Gasteiger partial charge on any atom is 0.253 e. The topological polar surface area (TPSA) is 58.2 Å². The molecule has 0 saturated carbocycles. The number of hydrogen-bond donors (Lipinski definition) is 2. The quantitative estimate of drug-likeness (QED) is 0.731. The summed E-state index contributed by atoms with van der Waals surface area (Å²) >= 11 is 1.49. The molecule has 1 atom stereocenters. The van der Waals surface area contributed by atoms with Crippen molar-refractivity contribution < 1.29 is 9.59 Å². The first kappa shape index (κ1) is 19.1. The molecule has 0 saturated heterocycles. The lowest BCUT2D eigenvalue weighted by atomic mass is 10.1. The fourth-order valence-corrected chi connectivity index (χ4v) is 3.06. The standard InChI is InChI=1S/C20H24N2O2S/c1-14(2)13-21-20(24)17-11-7-8-12-18(17)22-19(23)15(3)25-16-9-5-4-6-10-16/h4-12,14-15H,13H2,1-3H3,(H,21,24)(H,22,23)/t15-/m0/s1. The van der Waals surface area contributed by atoms with E-state index in [0.717, 1.165) is 4.90 Å². The number of hydrogen-bond acceptors (Lipinski definition) is 3. The molecule has 0 aliphatic rings. The van der Waals surface area contributed by atoms with E-state index < -0.39 is 0 Å².